The van der Waals surface area contributed by atoms with E-state index in [9.17, 15) is 4.79 Å². The number of tetrazole rings is 1. The predicted molar refractivity (Wildman–Crippen MR) is 80.4 cm³/mol. The number of aryl methyl sites for hydroxylation is 1. The maximum absolute atomic E-state index is 12.3. The van der Waals surface area contributed by atoms with Crippen molar-refractivity contribution in [3.8, 4) is 0 Å². The minimum absolute atomic E-state index is 0.0201. The van der Waals surface area contributed by atoms with Gasteiger partial charge in [0.1, 0.15) is 0 Å². The van der Waals surface area contributed by atoms with E-state index < -0.39 is 0 Å². The molecule has 3 aromatic heterocycles. The van der Waals surface area contributed by atoms with E-state index in [-0.39, 0.29) is 11.9 Å². The van der Waals surface area contributed by atoms with Gasteiger partial charge in [-0.15, -0.1) is 5.10 Å². The van der Waals surface area contributed by atoms with Gasteiger partial charge in [0.15, 0.2) is 5.65 Å². The van der Waals surface area contributed by atoms with Crippen molar-refractivity contribution in [1.82, 2.24) is 30.3 Å². The van der Waals surface area contributed by atoms with E-state index in [1.54, 1.807) is 24.5 Å². The maximum atomic E-state index is 12.3. The zero-order valence-corrected chi connectivity index (χ0v) is 12.4. The molecule has 0 saturated heterocycles. The minimum Gasteiger partial charge on any atom is -0.349 e. The Morgan fingerprint density at radius 2 is 2.27 bits per heavy atom. The summed E-state index contributed by atoms with van der Waals surface area (Å²) in [4.78, 5) is 16.6. The Labute approximate surface area is 127 Å². The van der Waals surface area contributed by atoms with Gasteiger partial charge in [-0.3, -0.25) is 9.78 Å². The average Bonchev–Trinajstić information content (AvgIpc) is 2.97. The van der Waals surface area contributed by atoms with Crippen LogP contribution in [0, 0.1) is 6.92 Å². The average molecular weight is 296 g/mol. The van der Waals surface area contributed by atoms with Gasteiger partial charge in [-0.05, 0) is 48.0 Å². The summed E-state index contributed by atoms with van der Waals surface area (Å²) in [6.45, 7) is 3.98. The lowest BCUT2D eigenvalue weighted by atomic mass is 10.1. The molecule has 0 spiro atoms. The SMILES string of the molecule is Cc1cccnc1C[C@H](C)NC(=O)c1ccn2nnnc2c1. The van der Waals surface area contributed by atoms with Crippen LogP contribution in [0.3, 0.4) is 0 Å². The van der Waals surface area contributed by atoms with Gasteiger partial charge in [0, 0.05) is 36.1 Å². The van der Waals surface area contributed by atoms with Crippen LogP contribution in [0.2, 0.25) is 0 Å². The fraction of sp³-hybridized carbons (Fsp3) is 0.267. The summed E-state index contributed by atoms with van der Waals surface area (Å²) in [5.74, 6) is -0.147. The lowest BCUT2D eigenvalue weighted by Gasteiger charge is -2.14. The third-order valence-electron chi connectivity index (χ3n) is 3.46. The lowest BCUT2D eigenvalue weighted by molar-refractivity contribution is 0.0940. The second-order valence-electron chi connectivity index (χ2n) is 5.24. The van der Waals surface area contributed by atoms with Gasteiger partial charge < -0.3 is 5.32 Å². The van der Waals surface area contributed by atoms with Crippen molar-refractivity contribution in [1.29, 1.82) is 0 Å². The first-order chi connectivity index (χ1) is 10.6. The minimum atomic E-state index is -0.147. The molecule has 3 heterocycles. The Morgan fingerprint density at radius 3 is 3.09 bits per heavy atom. The molecule has 0 bridgehead atoms. The van der Waals surface area contributed by atoms with Gasteiger partial charge in [-0.2, -0.15) is 0 Å². The number of carbonyl (C=O) groups excluding carboxylic acids is 1. The molecule has 112 valence electrons. The number of amides is 1. The Hall–Kier alpha value is -2.83. The van der Waals surface area contributed by atoms with Crippen LogP contribution < -0.4 is 5.32 Å². The van der Waals surface area contributed by atoms with Crippen LogP contribution >= 0.6 is 0 Å². The summed E-state index contributed by atoms with van der Waals surface area (Å²) in [7, 11) is 0. The van der Waals surface area contributed by atoms with Crippen LogP contribution in [-0.2, 0) is 6.42 Å². The van der Waals surface area contributed by atoms with E-state index in [1.165, 1.54) is 4.52 Å². The van der Waals surface area contributed by atoms with Gasteiger partial charge in [0.05, 0.1) is 0 Å². The molecule has 1 atom stereocenters. The molecule has 0 aromatic carbocycles. The van der Waals surface area contributed by atoms with Crippen LogP contribution in [0.15, 0.2) is 36.7 Å². The molecule has 7 heteroatoms. The molecule has 3 aromatic rings. The first-order valence-electron chi connectivity index (χ1n) is 7.02. The van der Waals surface area contributed by atoms with Crippen molar-refractivity contribution < 1.29 is 4.79 Å². The molecule has 0 aliphatic rings. The molecule has 22 heavy (non-hydrogen) atoms. The highest BCUT2D eigenvalue weighted by molar-refractivity contribution is 5.95. The monoisotopic (exact) mass is 296 g/mol. The molecule has 1 N–H and O–H groups in total. The topological polar surface area (TPSA) is 85.1 Å². The van der Waals surface area contributed by atoms with Crippen molar-refractivity contribution in [2.75, 3.05) is 0 Å². The van der Waals surface area contributed by atoms with Gasteiger partial charge in [-0.25, -0.2) is 4.52 Å². The van der Waals surface area contributed by atoms with Gasteiger partial charge in [0.25, 0.3) is 5.91 Å². The standard InChI is InChI=1S/C15H16N6O/c1-10-4-3-6-16-13(10)8-11(2)17-15(22)12-5-7-21-14(9-12)18-19-20-21/h3-7,9,11H,8H2,1-2H3,(H,17,22)/t11-/m0/s1. The molecule has 1 amide bonds. The summed E-state index contributed by atoms with van der Waals surface area (Å²) in [5, 5.41) is 14.1. The summed E-state index contributed by atoms with van der Waals surface area (Å²) >= 11 is 0. The molecular formula is C15H16N6O. The summed E-state index contributed by atoms with van der Waals surface area (Å²) < 4.78 is 1.51. The number of aromatic nitrogens is 5. The quantitative estimate of drug-likeness (QED) is 0.781. The van der Waals surface area contributed by atoms with Crippen LogP contribution in [-0.4, -0.2) is 37.0 Å². The molecule has 0 fully saturated rings. The number of rotatable bonds is 4. The van der Waals surface area contributed by atoms with Crippen LogP contribution in [0.5, 0.6) is 0 Å². The lowest BCUT2D eigenvalue weighted by Crippen LogP contribution is -2.34. The number of hydrogen-bond acceptors (Lipinski definition) is 5. The third kappa shape index (κ3) is 2.93. The van der Waals surface area contributed by atoms with Crippen molar-refractivity contribution >= 4 is 11.6 Å². The number of hydrogen-bond donors (Lipinski definition) is 1. The normalized spacial score (nSPS) is 12.3. The Morgan fingerprint density at radius 1 is 1.41 bits per heavy atom. The molecule has 0 saturated carbocycles. The Kier molecular flexibility index (Phi) is 3.78. The maximum Gasteiger partial charge on any atom is 0.251 e. The highest BCUT2D eigenvalue weighted by Crippen LogP contribution is 2.08. The second-order valence-corrected chi connectivity index (χ2v) is 5.24. The van der Waals surface area contributed by atoms with E-state index in [0.717, 1.165) is 11.3 Å². The van der Waals surface area contributed by atoms with E-state index in [1.807, 2.05) is 26.0 Å². The summed E-state index contributed by atoms with van der Waals surface area (Å²) in [5.41, 5.74) is 3.19. The van der Waals surface area contributed by atoms with Gasteiger partial charge in [0.2, 0.25) is 0 Å². The van der Waals surface area contributed by atoms with E-state index >= 15 is 0 Å². The summed E-state index contributed by atoms with van der Waals surface area (Å²) in [6, 6.07) is 7.26. The summed E-state index contributed by atoms with van der Waals surface area (Å²) in [6.07, 6.45) is 4.12. The molecule has 0 aliphatic heterocycles. The zero-order valence-electron chi connectivity index (χ0n) is 12.4. The smallest absolute Gasteiger partial charge is 0.251 e. The fourth-order valence-corrected chi connectivity index (χ4v) is 2.26. The molecular weight excluding hydrogens is 280 g/mol. The Bertz CT molecular complexity index is 812. The van der Waals surface area contributed by atoms with E-state index in [2.05, 4.69) is 25.8 Å². The number of nitrogens with zero attached hydrogens (tertiary/aromatic N) is 5. The highest BCUT2D eigenvalue weighted by atomic mass is 16.1. The second kappa shape index (κ2) is 5.88. The predicted octanol–water partition coefficient (Wildman–Crippen LogP) is 1.19. The van der Waals surface area contributed by atoms with Crippen LogP contribution in [0.4, 0.5) is 0 Å². The van der Waals surface area contributed by atoms with Crippen molar-refractivity contribution in [2.24, 2.45) is 0 Å². The number of fused-ring (bicyclic) bond motifs is 1. The molecule has 0 unspecified atom stereocenters. The zero-order chi connectivity index (χ0) is 15.5. The van der Waals surface area contributed by atoms with Crippen LogP contribution in [0.1, 0.15) is 28.5 Å². The molecule has 3 rings (SSSR count). The largest absolute Gasteiger partial charge is 0.349 e. The van der Waals surface area contributed by atoms with Gasteiger partial charge >= 0.3 is 0 Å². The first kappa shape index (κ1) is 14.1. The van der Waals surface area contributed by atoms with E-state index in [0.29, 0.717) is 17.6 Å². The van der Waals surface area contributed by atoms with Gasteiger partial charge in [-0.1, -0.05) is 6.07 Å². The Balaban J connectivity index is 1.69. The first-order valence-corrected chi connectivity index (χ1v) is 7.02. The fourth-order valence-electron chi connectivity index (χ4n) is 2.26. The molecule has 7 nitrogen and oxygen atoms in total. The third-order valence-corrected chi connectivity index (χ3v) is 3.46. The van der Waals surface area contributed by atoms with E-state index in [4.69, 9.17) is 0 Å². The van der Waals surface area contributed by atoms with Crippen LogP contribution in [0.25, 0.3) is 5.65 Å². The molecule has 0 aliphatic carbocycles. The van der Waals surface area contributed by atoms with Crippen molar-refractivity contribution in [3.05, 3.63) is 53.5 Å². The molecule has 0 radical (unpaired) electrons. The van der Waals surface area contributed by atoms with Crippen molar-refractivity contribution in [2.45, 2.75) is 26.3 Å². The van der Waals surface area contributed by atoms with Crippen molar-refractivity contribution in [3.63, 3.8) is 0 Å². The number of nitrogens with one attached hydrogen (secondary N) is 1. The number of carbonyl (C=O) groups is 1. The number of pyridine rings is 2. The highest BCUT2D eigenvalue weighted by Gasteiger charge is 2.13.